The number of H-pyrrole nitrogens is 1. The molecule has 0 bridgehead atoms. The predicted octanol–water partition coefficient (Wildman–Crippen LogP) is 0.0258. The van der Waals surface area contributed by atoms with E-state index in [1.54, 1.807) is 19.4 Å². The highest BCUT2D eigenvalue weighted by molar-refractivity contribution is 5.74. The topological polar surface area (TPSA) is 98.3 Å². The number of amides is 2. The number of hydrogen-bond acceptors (Lipinski definition) is 3. The van der Waals surface area contributed by atoms with E-state index in [0.717, 1.165) is 5.56 Å². The summed E-state index contributed by atoms with van der Waals surface area (Å²) in [5, 5.41) is 17.3. The third-order valence-electron chi connectivity index (χ3n) is 1.94. The fourth-order valence-corrected chi connectivity index (χ4v) is 1.12. The summed E-state index contributed by atoms with van der Waals surface area (Å²) in [5.41, 5.74) is 0.885. The minimum Gasteiger partial charge on any atom is -0.481 e. The average Bonchev–Trinajstić information content (AvgIpc) is 2.69. The van der Waals surface area contributed by atoms with E-state index >= 15 is 0 Å². The fraction of sp³-hybridized carbons (Fsp3) is 0.444. The Labute approximate surface area is 92.4 Å². The highest BCUT2D eigenvalue weighted by Crippen LogP contribution is 1.99. The summed E-state index contributed by atoms with van der Waals surface area (Å²) in [6.07, 6.45) is 3.24. The lowest BCUT2D eigenvalue weighted by Gasteiger charge is -2.16. The van der Waals surface area contributed by atoms with Crippen molar-refractivity contribution in [1.82, 2.24) is 20.4 Å². The molecule has 0 aliphatic carbocycles. The zero-order valence-electron chi connectivity index (χ0n) is 8.93. The molecule has 2 amide bonds. The fourth-order valence-electron chi connectivity index (χ4n) is 1.12. The molecule has 1 rings (SSSR count). The first kappa shape index (κ1) is 12.0. The van der Waals surface area contributed by atoms with Crippen LogP contribution in [0.3, 0.4) is 0 Å². The molecule has 16 heavy (non-hydrogen) atoms. The molecule has 0 radical (unpaired) electrons. The Morgan fingerprint density at radius 2 is 2.38 bits per heavy atom. The number of hydrogen-bond donors (Lipinski definition) is 3. The Morgan fingerprint density at radius 3 is 2.94 bits per heavy atom. The van der Waals surface area contributed by atoms with Gasteiger partial charge >= 0.3 is 12.0 Å². The van der Waals surface area contributed by atoms with E-state index in [0.29, 0.717) is 6.54 Å². The van der Waals surface area contributed by atoms with Gasteiger partial charge in [-0.3, -0.25) is 9.89 Å². The van der Waals surface area contributed by atoms with E-state index in [2.05, 4.69) is 15.5 Å². The number of rotatable bonds is 5. The van der Waals surface area contributed by atoms with Crippen molar-refractivity contribution in [2.75, 3.05) is 13.6 Å². The number of nitrogens with zero attached hydrogens (tertiary/aromatic N) is 2. The van der Waals surface area contributed by atoms with Gasteiger partial charge in [-0.25, -0.2) is 4.79 Å². The smallest absolute Gasteiger partial charge is 0.317 e. The zero-order valence-corrected chi connectivity index (χ0v) is 8.93. The van der Waals surface area contributed by atoms with Crippen LogP contribution in [0.4, 0.5) is 4.79 Å². The maximum Gasteiger partial charge on any atom is 0.317 e. The first-order chi connectivity index (χ1) is 7.59. The van der Waals surface area contributed by atoms with Gasteiger partial charge in [0.2, 0.25) is 0 Å². The van der Waals surface area contributed by atoms with Crippen LogP contribution in [-0.2, 0) is 11.3 Å². The summed E-state index contributed by atoms with van der Waals surface area (Å²) in [6, 6.07) is -0.303. The summed E-state index contributed by atoms with van der Waals surface area (Å²) in [7, 11) is 1.63. The number of carbonyl (C=O) groups excluding carboxylic acids is 1. The largest absolute Gasteiger partial charge is 0.481 e. The molecule has 0 aliphatic heterocycles. The normalized spacial score (nSPS) is 9.81. The lowest BCUT2D eigenvalue weighted by atomic mass is 10.3. The predicted molar refractivity (Wildman–Crippen MR) is 55.7 cm³/mol. The Morgan fingerprint density at radius 1 is 1.62 bits per heavy atom. The van der Waals surface area contributed by atoms with E-state index in [1.807, 2.05) is 0 Å². The van der Waals surface area contributed by atoms with Crippen molar-refractivity contribution < 1.29 is 14.7 Å². The molecular formula is C9H14N4O3. The Kier molecular flexibility index (Phi) is 4.31. The number of carboxylic acids is 1. The SMILES string of the molecule is CN(Cc1cn[nH]c1)C(=O)NCCC(=O)O. The Bertz CT molecular complexity index is 350. The number of urea groups is 1. The zero-order chi connectivity index (χ0) is 12.0. The molecule has 0 saturated carbocycles. The maximum absolute atomic E-state index is 11.4. The molecule has 0 spiro atoms. The standard InChI is InChI=1S/C9H14N4O3/c1-13(6-7-4-11-12-5-7)9(16)10-3-2-8(14)15/h4-5H,2-3,6H2,1H3,(H,10,16)(H,11,12)(H,14,15). The van der Waals surface area contributed by atoms with Gasteiger partial charge < -0.3 is 15.3 Å². The molecular weight excluding hydrogens is 212 g/mol. The lowest BCUT2D eigenvalue weighted by Crippen LogP contribution is -2.37. The van der Waals surface area contributed by atoms with E-state index in [9.17, 15) is 9.59 Å². The van der Waals surface area contributed by atoms with Crippen LogP contribution < -0.4 is 5.32 Å². The van der Waals surface area contributed by atoms with Crippen molar-refractivity contribution in [2.24, 2.45) is 0 Å². The third-order valence-corrected chi connectivity index (χ3v) is 1.94. The van der Waals surface area contributed by atoms with Crippen molar-refractivity contribution in [3.05, 3.63) is 18.0 Å². The molecule has 1 aromatic rings. The molecule has 0 saturated heterocycles. The van der Waals surface area contributed by atoms with Crippen molar-refractivity contribution in [3.63, 3.8) is 0 Å². The molecule has 3 N–H and O–H groups in total. The van der Waals surface area contributed by atoms with Crippen molar-refractivity contribution in [3.8, 4) is 0 Å². The van der Waals surface area contributed by atoms with Crippen LogP contribution in [0.5, 0.6) is 0 Å². The Balaban J connectivity index is 2.28. The minimum atomic E-state index is -0.933. The average molecular weight is 226 g/mol. The van der Waals surface area contributed by atoms with Gasteiger partial charge in [0.15, 0.2) is 0 Å². The van der Waals surface area contributed by atoms with E-state index in [-0.39, 0.29) is 19.0 Å². The summed E-state index contributed by atoms with van der Waals surface area (Å²) in [4.78, 5) is 23.1. The number of carbonyl (C=O) groups is 2. The monoisotopic (exact) mass is 226 g/mol. The van der Waals surface area contributed by atoms with E-state index < -0.39 is 5.97 Å². The molecule has 88 valence electrons. The molecule has 7 heteroatoms. The number of carboxylic acid groups (broad SMARTS) is 1. The van der Waals surface area contributed by atoms with Crippen LogP contribution in [-0.4, -0.2) is 45.8 Å². The highest BCUT2D eigenvalue weighted by Gasteiger charge is 2.09. The summed E-state index contributed by atoms with van der Waals surface area (Å²) >= 11 is 0. The van der Waals surface area contributed by atoms with Gasteiger partial charge in [-0.05, 0) is 0 Å². The summed E-state index contributed by atoms with van der Waals surface area (Å²) in [6.45, 7) is 0.555. The van der Waals surface area contributed by atoms with Gasteiger partial charge in [0, 0.05) is 25.4 Å². The lowest BCUT2D eigenvalue weighted by molar-refractivity contribution is -0.136. The first-order valence-electron chi connectivity index (χ1n) is 4.78. The first-order valence-corrected chi connectivity index (χ1v) is 4.78. The maximum atomic E-state index is 11.4. The highest BCUT2D eigenvalue weighted by atomic mass is 16.4. The van der Waals surface area contributed by atoms with Gasteiger partial charge in [-0.1, -0.05) is 0 Å². The van der Waals surface area contributed by atoms with Gasteiger partial charge in [0.25, 0.3) is 0 Å². The Hall–Kier alpha value is -2.05. The second-order valence-electron chi connectivity index (χ2n) is 3.34. The molecule has 0 fully saturated rings. The van der Waals surface area contributed by atoms with E-state index in [4.69, 9.17) is 5.11 Å². The third kappa shape index (κ3) is 3.99. The van der Waals surface area contributed by atoms with Crippen LogP contribution >= 0.6 is 0 Å². The number of nitrogens with one attached hydrogen (secondary N) is 2. The van der Waals surface area contributed by atoms with Gasteiger partial charge in [0.1, 0.15) is 0 Å². The van der Waals surface area contributed by atoms with E-state index in [1.165, 1.54) is 4.90 Å². The summed E-state index contributed by atoms with van der Waals surface area (Å²) in [5.74, 6) is -0.933. The molecule has 0 atom stereocenters. The molecule has 0 aromatic carbocycles. The number of aromatic nitrogens is 2. The second-order valence-corrected chi connectivity index (χ2v) is 3.34. The number of aromatic amines is 1. The van der Waals surface area contributed by atoms with Crippen LogP contribution in [0.2, 0.25) is 0 Å². The van der Waals surface area contributed by atoms with Crippen LogP contribution in [0, 0.1) is 0 Å². The van der Waals surface area contributed by atoms with Crippen molar-refractivity contribution >= 4 is 12.0 Å². The molecule has 0 unspecified atom stereocenters. The summed E-state index contributed by atoms with van der Waals surface area (Å²) < 4.78 is 0. The van der Waals surface area contributed by atoms with Crippen molar-refractivity contribution in [1.29, 1.82) is 0 Å². The number of aliphatic carboxylic acids is 1. The molecule has 1 aromatic heterocycles. The van der Waals surface area contributed by atoms with Gasteiger partial charge in [-0.15, -0.1) is 0 Å². The van der Waals surface area contributed by atoms with Gasteiger partial charge in [-0.2, -0.15) is 5.10 Å². The van der Waals surface area contributed by atoms with Crippen LogP contribution in [0.1, 0.15) is 12.0 Å². The minimum absolute atomic E-state index is 0.0781. The molecule has 1 heterocycles. The molecule has 7 nitrogen and oxygen atoms in total. The molecule has 0 aliphatic rings. The quantitative estimate of drug-likeness (QED) is 0.659. The van der Waals surface area contributed by atoms with Crippen LogP contribution in [0.15, 0.2) is 12.4 Å². The van der Waals surface area contributed by atoms with Gasteiger partial charge in [0.05, 0.1) is 19.2 Å². The van der Waals surface area contributed by atoms with Crippen LogP contribution in [0.25, 0.3) is 0 Å². The van der Waals surface area contributed by atoms with Crippen molar-refractivity contribution in [2.45, 2.75) is 13.0 Å². The second kappa shape index (κ2) is 5.74.